The average molecular weight is 472 g/mol. The number of hydrogen-bond donors (Lipinski definition) is 2. The molecular formula is C23H21FN2O6S. The number of ether oxygens (including phenoxy) is 2. The number of halogens is 1. The van der Waals surface area contributed by atoms with E-state index in [2.05, 4.69) is 10.0 Å². The van der Waals surface area contributed by atoms with Crippen LogP contribution in [-0.4, -0.2) is 34.0 Å². The van der Waals surface area contributed by atoms with Crippen molar-refractivity contribution < 1.29 is 31.9 Å². The van der Waals surface area contributed by atoms with Gasteiger partial charge in [0.2, 0.25) is 0 Å². The monoisotopic (exact) mass is 472 g/mol. The van der Waals surface area contributed by atoms with Crippen LogP contribution in [0.15, 0.2) is 71.6 Å². The van der Waals surface area contributed by atoms with Crippen LogP contribution >= 0.6 is 0 Å². The smallest absolute Gasteiger partial charge is 0.338 e. The molecule has 0 heterocycles. The van der Waals surface area contributed by atoms with Gasteiger partial charge in [0.25, 0.3) is 15.9 Å². The zero-order valence-electron chi connectivity index (χ0n) is 17.8. The lowest BCUT2D eigenvalue weighted by Gasteiger charge is -2.12. The van der Waals surface area contributed by atoms with Crippen LogP contribution in [0.1, 0.15) is 15.9 Å². The summed E-state index contributed by atoms with van der Waals surface area (Å²) in [7, 11) is -2.62. The molecule has 0 fully saturated rings. The van der Waals surface area contributed by atoms with Gasteiger partial charge in [-0.1, -0.05) is 24.3 Å². The number of anilines is 2. The fourth-order valence-electron chi connectivity index (χ4n) is 2.80. The van der Waals surface area contributed by atoms with E-state index < -0.39 is 34.3 Å². The van der Waals surface area contributed by atoms with Gasteiger partial charge in [0.15, 0.2) is 6.61 Å². The molecule has 172 valence electrons. The number of methoxy groups -OCH3 is 1. The van der Waals surface area contributed by atoms with Gasteiger partial charge in [0.1, 0.15) is 11.6 Å². The number of nitrogens with one attached hydrogen (secondary N) is 2. The molecule has 0 atom stereocenters. The number of hydrogen-bond acceptors (Lipinski definition) is 6. The highest BCUT2D eigenvalue weighted by molar-refractivity contribution is 7.92. The predicted molar refractivity (Wildman–Crippen MR) is 120 cm³/mol. The van der Waals surface area contributed by atoms with E-state index in [1.165, 1.54) is 43.5 Å². The van der Waals surface area contributed by atoms with Crippen molar-refractivity contribution in [3.05, 3.63) is 83.7 Å². The van der Waals surface area contributed by atoms with Crippen molar-refractivity contribution >= 4 is 33.3 Å². The molecule has 0 aliphatic heterocycles. The maximum Gasteiger partial charge on any atom is 0.338 e. The van der Waals surface area contributed by atoms with Crippen molar-refractivity contribution in [2.45, 2.75) is 11.8 Å². The first-order chi connectivity index (χ1) is 15.7. The Kier molecular flexibility index (Phi) is 7.29. The molecule has 0 aliphatic carbocycles. The van der Waals surface area contributed by atoms with Crippen LogP contribution in [0.2, 0.25) is 0 Å². The molecule has 0 aromatic heterocycles. The molecule has 3 aromatic rings. The fraction of sp³-hybridized carbons (Fsp3) is 0.130. The summed E-state index contributed by atoms with van der Waals surface area (Å²) in [5.74, 6) is -1.72. The molecule has 0 aliphatic rings. The number of amides is 1. The highest BCUT2D eigenvalue weighted by Gasteiger charge is 2.19. The third-order valence-corrected chi connectivity index (χ3v) is 5.88. The normalized spacial score (nSPS) is 10.9. The lowest BCUT2D eigenvalue weighted by molar-refractivity contribution is -0.119. The van der Waals surface area contributed by atoms with Crippen LogP contribution in [0.4, 0.5) is 15.8 Å². The lowest BCUT2D eigenvalue weighted by atomic mass is 10.2. The number of rotatable bonds is 8. The minimum absolute atomic E-state index is 0.0629. The SMILES string of the molecule is COc1ccccc1NS(=O)(=O)c1cccc(C(=O)OCC(=O)Nc2ccc(C)c(F)c2)c1. The van der Waals surface area contributed by atoms with Crippen molar-refractivity contribution in [2.24, 2.45) is 0 Å². The number of esters is 1. The zero-order chi connectivity index (χ0) is 24.0. The van der Waals surface area contributed by atoms with E-state index in [4.69, 9.17) is 9.47 Å². The largest absolute Gasteiger partial charge is 0.495 e. The van der Waals surface area contributed by atoms with E-state index in [1.807, 2.05) is 0 Å². The Hall–Kier alpha value is -3.92. The first-order valence-electron chi connectivity index (χ1n) is 9.68. The number of para-hydroxylation sites is 2. The van der Waals surface area contributed by atoms with Gasteiger partial charge >= 0.3 is 5.97 Å². The summed E-state index contributed by atoms with van der Waals surface area (Å²) >= 11 is 0. The predicted octanol–water partition coefficient (Wildman–Crippen LogP) is 3.74. The third-order valence-electron chi connectivity index (χ3n) is 4.52. The third kappa shape index (κ3) is 6.07. The first kappa shape index (κ1) is 23.7. The van der Waals surface area contributed by atoms with Crippen LogP contribution in [0.25, 0.3) is 0 Å². The molecule has 0 saturated heterocycles. The summed E-state index contributed by atoms with van der Waals surface area (Å²) in [6, 6.07) is 15.8. The van der Waals surface area contributed by atoms with E-state index in [0.29, 0.717) is 11.3 Å². The Labute approximate surface area is 190 Å². The van der Waals surface area contributed by atoms with Crippen molar-refractivity contribution in [3.8, 4) is 5.75 Å². The molecule has 0 spiro atoms. The molecule has 0 bridgehead atoms. The van der Waals surface area contributed by atoms with Crippen LogP contribution < -0.4 is 14.8 Å². The Morgan fingerprint density at radius 2 is 1.76 bits per heavy atom. The fourth-order valence-corrected chi connectivity index (χ4v) is 3.92. The minimum atomic E-state index is -4.03. The van der Waals surface area contributed by atoms with Crippen molar-refractivity contribution in [1.82, 2.24) is 0 Å². The number of carbonyl (C=O) groups excluding carboxylic acids is 2. The summed E-state index contributed by atoms with van der Waals surface area (Å²) in [5.41, 5.74) is 0.813. The van der Waals surface area contributed by atoms with Gasteiger partial charge < -0.3 is 14.8 Å². The quantitative estimate of drug-likeness (QED) is 0.483. The van der Waals surface area contributed by atoms with E-state index in [0.717, 1.165) is 12.1 Å². The molecular weight excluding hydrogens is 451 g/mol. The van der Waals surface area contributed by atoms with Crippen molar-refractivity contribution in [3.63, 3.8) is 0 Å². The maximum absolute atomic E-state index is 13.6. The Bertz CT molecular complexity index is 1290. The number of sulfonamides is 1. The van der Waals surface area contributed by atoms with Crippen molar-refractivity contribution in [2.75, 3.05) is 23.8 Å². The molecule has 3 aromatic carbocycles. The summed E-state index contributed by atoms with van der Waals surface area (Å²) in [4.78, 5) is 24.2. The first-order valence-corrected chi connectivity index (χ1v) is 11.2. The number of carbonyl (C=O) groups is 2. The maximum atomic E-state index is 13.6. The summed E-state index contributed by atoms with van der Waals surface area (Å²) in [6.45, 7) is 0.952. The zero-order valence-corrected chi connectivity index (χ0v) is 18.6. The Morgan fingerprint density at radius 1 is 1.00 bits per heavy atom. The van der Waals surface area contributed by atoms with Gasteiger partial charge in [-0.25, -0.2) is 17.6 Å². The summed E-state index contributed by atoms with van der Waals surface area (Å²) in [6.07, 6.45) is 0. The average Bonchev–Trinajstić information content (AvgIpc) is 2.80. The van der Waals surface area contributed by atoms with Gasteiger partial charge in [-0.05, 0) is 55.0 Å². The molecule has 0 unspecified atom stereocenters. The van der Waals surface area contributed by atoms with Gasteiger partial charge in [0, 0.05) is 5.69 Å². The number of aryl methyl sites for hydroxylation is 1. The van der Waals surface area contributed by atoms with Gasteiger partial charge in [-0.15, -0.1) is 0 Å². The highest BCUT2D eigenvalue weighted by atomic mass is 32.2. The minimum Gasteiger partial charge on any atom is -0.495 e. The van der Waals surface area contributed by atoms with Crippen LogP contribution in [-0.2, 0) is 19.6 Å². The van der Waals surface area contributed by atoms with Gasteiger partial charge in [-0.2, -0.15) is 0 Å². The van der Waals surface area contributed by atoms with E-state index in [9.17, 15) is 22.4 Å². The topological polar surface area (TPSA) is 111 Å². The second kappa shape index (κ2) is 10.1. The number of benzene rings is 3. The Morgan fingerprint density at radius 3 is 2.48 bits per heavy atom. The standard InChI is InChI=1S/C23H21FN2O6S/c1-15-10-11-17(13-19(15)24)25-22(27)14-32-23(28)16-6-5-7-18(12-16)33(29,30)26-20-8-3-4-9-21(20)31-2/h3-13,26H,14H2,1-2H3,(H,25,27). The second-order valence-electron chi connectivity index (χ2n) is 6.92. The highest BCUT2D eigenvalue weighted by Crippen LogP contribution is 2.26. The van der Waals surface area contributed by atoms with Crippen LogP contribution in [0.3, 0.4) is 0 Å². The molecule has 8 nitrogen and oxygen atoms in total. The van der Waals surface area contributed by atoms with Gasteiger partial charge in [-0.3, -0.25) is 9.52 Å². The summed E-state index contributed by atoms with van der Waals surface area (Å²) in [5, 5.41) is 2.42. The van der Waals surface area contributed by atoms with E-state index >= 15 is 0 Å². The molecule has 33 heavy (non-hydrogen) atoms. The molecule has 10 heteroatoms. The lowest BCUT2D eigenvalue weighted by Crippen LogP contribution is -2.21. The van der Waals surface area contributed by atoms with Crippen LogP contribution in [0.5, 0.6) is 5.75 Å². The molecule has 0 saturated carbocycles. The molecule has 1 amide bonds. The second-order valence-corrected chi connectivity index (χ2v) is 8.60. The summed E-state index contributed by atoms with van der Waals surface area (Å²) < 4.78 is 51.6. The van der Waals surface area contributed by atoms with Crippen LogP contribution in [0, 0.1) is 12.7 Å². The molecule has 0 radical (unpaired) electrons. The van der Waals surface area contributed by atoms with Gasteiger partial charge in [0.05, 0.1) is 23.3 Å². The molecule has 3 rings (SSSR count). The van der Waals surface area contributed by atoms with E-state index in [1.54, 1.807) is 25.1 Å². The Balaban J connectivity index is 1.66. The molecule has 2 N–H and O–H groups in total. The van der Waals surface area contributed by atoms with Crippen molar-refractivity contribution in [1.29, 1.82) is 0 Å². The van der Waals surface area contributed by atoms with E-state index in [-0.39, 0.29) is 21.8 Å².